The van der Waals surface area contributed by atoms with Crippen molar-refractivity contribution in [3.05, 3.63) is 36.0 Å². The van der Waals surface area contributed by atoms with Crippen LogP contribution in [0.3, 0.4) is 0 Å². The summed E-state index contributed by atoms with van der Waals surface area (Å²) in [5.74, 6) is 2.04. The fourth-order valence-electron chi connectivity index (χ4n) is 1.68. The van der Waals surface area contributed by atoms with E-state index in [-0.39, 0.29) is 12.0 Å². The number of rotatable bonds is 4. The van der Waals surface area contributed by atoms with Crippen molar-refractivity contribution in [2.45, 2.75) is 31.8 Å². The molecule has 5 nitrogen and oxygen atoms in total. The van der Waals surface area contributed by atoms with Crippen LogP contribution in [0.5, 0.6) is 5.75 Å². The van der Waals surface area contributed by atoms with E-state index >= 15 is 0 Å². The summed E-state index contributed by atoms with van der Waals surface area (Å²) in [7, 11) is 0. The van der Waals surface area contributed by atoms with E-state index in [2.05, 4.69) is 17.1 Å². The van der Waals surface area contributed by atoms with E-state index in [0.717, 1.165) is 24.4 Å². The number of nitrogens with zero attached hydrogens (tertiary/aromatic N) is 2. The van der Waals surface area contributed by atoms with E-state index in [4.69, 9.17) is 15.0 Å². The Balaban J connectivity index is 1.63. The van der Waals surface area contributed by atoms with Crippen LogP contribution in [0.1, 0.15) is 31.5 Å². The van der Waals surface area contributed by atoms with Gasteiger partial charge in [-0.1, -0.05) is 12.1 Å². The summed E-state index contributed by atoms with van der Waals surface area (Å²) >= 11 is 0. The summed E-state index contributed by atoms with van der Waals surface area (Å²) in [5.41, 5.74) is 6.44. The summed E-state index contributed by atoms with van der Waals surface area (Å²) in [6, 6.07) is 7.21. The first kappa shape index (κ1) is 11.1. The largest absolute Gasteiger partial charge is 0.484 e. The highest BCUT2D eigenvalue weighted by molar-refractivity contribution is 5.41. The maximum absolute atomic E-state index is 5.60. The van der Waals surface area contributed by atoms with Gasteiger partial charge in [0.1, 0.15) is 5.75 Å². The number of aromatic nitrogens is 2. The monoisotopic (exact) mass is 245 g/mol. The molecule has 1 saturated carbocycles. The highest BCUT2D eigenvalue weighted by Crippen LogP contribution is 2.45. The zero-order chi connectivity index (χ0) is 12.6. The highest BCUT2D eigenvalue weighted by atomic mass is 16.5. The maximum atomic E-state index is 5.60. The summed E-state index contributed by atoms with van der Waals surface area (Å²) in [4.78, 5) is 4.35. The van der Waals surface area contributed by atoms with Gasteiger partial charge in [0.25, 0.3) is 5.89 Å². The lowest BCUT2D eigenvalue weighted by atomic mass is 10.1. The topological polar surface area (TPSA) is 74.2 Å². The van der Waals surface area contributed by atoms with Gasteiger partial charge in [-0.25, -0.2) is 0 Å². The molecule has 0 unspecified atom stereocenters. The number of nitrogen functional groups attached to an aromatic ring is 1. The second kappa shape index (κ2) is 4.01. The van der Waals surface area contributed by atoms with Crippen molar-refractivity contribution >= 4 is 5.69 Å². The van der Waals surface area contributed by atoms with Gasteiger partial charge in [-0.15, -0.1) is 0 Å². The first-order valence-corrected chi connectivity index (χ1v) is 5.97. The molecule has 3 rings (SSSR count). The van der Waals surface area contributed by atoms with Crippen LogP contribution in [-0.4, -0.2) is 10.1 Å². The molecular formula is C13H15N3O2. The summed E-state index contributed by atoms with van der Waals surface area (Å²) in [6.45, 7) is 2.43. The molecule has 0 saturated heterocycles. The van der Waals surface area contributed by atoms with E-state index < -0.39 is 0 Å². The van der Waals surface area contributed by atoms with Crippen LogP contribution in [-0.2, 0) is 12.0 Å². The molecule has 18 heavy (non-hydrogen) atoms. The molecule has 0 radical (unpaired) electrons. The normalized spacial score (nSPS) is 16.5. The molecule has 1 aromatic heterocycles. The van der Waals surface area contributed by atoms with Crippen LogP contribution < -0.4 is 10.5 Å². The average Bonchev–Trinajstić information content (AvgIpc) is 2.94. The minimum atomic E-state index is 0.128. The lowest BCUT2D eigenvalue weighted by molar-refractivity contribution is 0.242. The third-order valence-electron chi connectivity index (χ3n) is 3.25. The number of hydrogen-bond acceptors (Lipinski definition) is 5. The fraction of sp³-hybridized carbons (Fsp3) is 0.385. The van der Waals surface area contributed by atoms with Gasteiger partial charge in [-0.2, -0.15) is 4.98 Å². The molecule has 1 fully saturated rings. The van der Waals surface area contributed by atoms with E-state index in [1.54, 1.807) is 12.1 Å². The molecule has 1 aliphatic rings. The molecule has 1 heterocycles. The Labute approximate surface area is 105 Å². The van der Waals surface area contributed by atoms with Crippen LogP contribution in [0.2, 0.25) is 0 Å². The SMILES string of the molecule is CC1(c2noc(COc3ccc(N)cc3)n2)CC1. The Morgan fingerprint density at radius 3 is 2.72 bits per heavy atom. The molecule has 1 aromatic carbocycles. The third-order valence-corrected chi connectivity index (χ3v) is 3.25. The molecule has 0 bridgehead atoms. The molecule has 1 aliphatic carbocycles. The molecular weight excluding hydrogens is 230 g/mol. The lowest BCUT2D eigenvalue weighted by Gasteiger charge is -2.02. The molecule has 0 spiro atoms. The molecule has 0 amide bonds. The molecule has 0 atom stereocenters. The van der Waals surface area contributed by atoms with Crippen molar-refractivity contribution in [1.29, 1.82) is 0 Å². The van der Waals surface area contributed by atoms with Crippen molar-refractivity contribution in [3.63, 3.8) is 0 Å². The predicted molar refractivity (Wildman–Crippen MR) is 66.1 cm³/mol. The van der Waals surface area contributed by atoms with Crippen LogP contribution in [0.25, 0.3) is 0 Å². The van der Waals surface area contributed by atoms with Crippen LogP contribution in [0.15, 0.2) is 28.8 Å². The molecule has 2 N–H and O–H groups in total. The van der Waals surface area contributed by atoms with Crippen LogP contribution in [0.4, 0.5) is 5.69 Å². The van der Waals surface area contributed by atoms with Crippen LogP contribution >= 0.6 is 0 Å². The lowest BCUT2D eigenvalue weighted by Crippen LogP contribution is -2.03. The van der Waals surface area contributed by atoms with E-state index in [1.165, 1.54) is 0 Å². The van der Waals surface area contributed by atoms with Crippen LogP contribution in [0, 0.1) is 0 Å². The van der Waals surface area contributed by atoms with Crippen molar-refractivity contribution in [2.75, 3.05) is 5.73 Å². The van der Waals surface area contributed by atoms with Gasteiger partial charge in [0, 0.05) is 11.1 Å². The van der Waals surface area contributed by atoms with Crippen molar-refractivity contribution in [1.82, 2.24) is 10.1 Å². The molecule has 5 heteroatoms. The Morgan fingerprint density at radius 2 is 2.06 bits per heavy atom. The minimum absolute atomic E-state index is 0.128. The number of ether oxygens (including phenoxy) is 1. The summed E-state index contributed by atoms with van der Waals surface area (Å²) < 4.78 is 10.7. The van der Waals surface area contributed by atoms with Gasteiger partial charge in [-0.05, 0) is 37.1 Å². The Bertz CT molecular complexity index is 544. The van der Waals surface area contributed by atoms with E-state index in [1.807, 2.05) is 12.1 Å². The minimum Gasteiger partial charge on any atom is -0.484 e. The number of benzene rings is 1. The molecule has 0 aliphatic heterocycles. The van der Waals surface area contributed by atoms with Gasteiger partial charge < -0.3 is 15.0 Å². The average molecular weight is 245 g/mol. The Morgan fingerprint density at radius 1 is 1.33 bits per heavy atom. The Kier molecular flexibility index (Phi) is 2.47. The second-order valence-electron chi connectivity index (χ2n) is 4.93. The fourth-order valence-corrected chi connectivity index (χ4v) is 1.68. The van der Waals surface area contributed by atoms with E-state index in [9.17, 15) is 0 Å². The molecule has 2 aromatic rings. The summed E-state index contributed by atoms with van der Waals surface area (Å²) in [5, 5.41) is 3.99. The second-order valence-corrected chi connectivity index (χ2v) is 4.93. The number of anilines is 1. The van der Waals surface area contributed by atoms with Gasteiger partial charge >= 0.3 is 0 Å². The standard InChI is InChI=1S/C13H15N3O2/c1-13(6-7-13)12-15-11(18-16-12)8-17-10-4-2-9(14)3-5-10/h2-5H,6-8,14H2,1H3. The maximum Gasteiger partial charge on any atom is 0.264 e. The first-order chi connectivity index (χ1) is 8.66. The van der Waals surface area contributed by atoms with Gasteiger partial charge in [-0.3, -0.25) is 0 Å². The number of hydrogen-bond donors (Lipinski definition) is 1. The van der Waals surface area contributed by atoms with Crippen molar-refractivity contribution in [2.24, 2.45) is 0 Å². The number of nitrogens with two attached hydrogens (primary N) is 1. The zero-order valence-electron chi connectivity index (χ0n) is 10.2. The summed E-state index contributed by atoms with van der Waals surface area (Å²) in [6.07, 6.45) is 2.26. The van der Waals surface area contributed by atoms with E-state index in [0.29, 0.717) is 11.6 Å². The van der Waals surface area contributed by atoms with Gasteiger partial charge in [0.15, 0.2) is 12.4 Å². The van der Waals surface area contributed by atoms with Gasteiger partial charge in [0.2, 0.25) is 0 Å². The smallest absolute Gasteiger partial charge is 0.264 e. The van der Waals surface area contributed by atoms with Crippen molar-refractivity contribution in [3.8, 4) is 5.75 Å². The predicted octanol–water partition coefficient (Wildman–Crippen LogP) is 2.28. The highest BCUT2D eigenvalue weighted by Gasteiger charge is 2.43. The quantitative estimate of drug-likeness (QED) is 0.836. The van der Waals surface area contributed by atoms with Gasteiger partial charge in [0.05, 0.1) is 0 Å². The molecule has 94 valence electrons. The Hall–Kier alpha value is -2.04. The first-order valence-electron chi connectivity index (χ1n) is 5.97. The van der Waals surface area contributed by atoms with Crippen molar-refractivity contribution < 1.29 is 9.26 Å². The zero-order valence-corrected chi connectivity index (χ0v) is 10.2. The third kappa shape index (κ3) is 2.16.